The molecular formula is C14H9F2N5S. The quantitative estimate of drug-likeness (QED) is 0.547. The minimum atomic E-state index is -2.62. The molecule has 0 saturated heterocycles. The second-order valence-electron chi connectivity index (χ2n) is 4.33. The fraction of sp³-hybridized carbons (Fsp3) is 0.143. The first-order valence-electron chi connectivity index (χ1n) is 6.21. The SMILES string of the molecule is CSc1ncc(C#N)c(-c2cnc3c(C(F)F)cccn23)n1. The third-order valence-corrected chi connectivity index (χ3v) is 3.68. The van der Waals surface area contributed by atoms with E-state index >= 15 is 0 Å². The number of nitriles is 1. The van der Waals surface area contributed by atoms with Gasteiger partial charge in [0.15, 0.2) is 5.16 Å². The van der Waals surface area contributed by atoms with E-state index in [2.05, 4.69) is 15.0 Å². The smallest absolute Gasteiger partial charge is 0.267 e. The van der Waals surface area contributed by atoms with Crippen LogP contribution in [-0.4, -0.2) is 25.6 Å². The zero-order valence-corrected chi connectivity index (χ0v) is 12.2. The molecule has 0 saturated carbocycles. The molecule has 0 amide bonds. The highest BCUT2D eigenvalue weighted by Crippen LogP contribution is 2.28. The van der Waals surface area contributed by atoms with E-state index in [0.29, 0.717) is 16.5 Å². The minimum Gasteiger partial charge on any atom is -0.298 e. The van der Waals surface area contributed by atoms with Crippen LogP contribution in [0.25, 0.3) is 17.0 Å². The lowest BCUT2D eigenvalue weighted by molar-refractivity contribution is 0.152. The van der Waals surface area contributed by atoms with Gasteiger partial charge in [0.05, 0.1) is 23.0 Å². The van der Waals surface area contributed by atoms with Gasteiger partial charge in [0, 0.05) is 12.4 Å². The van der Waals surface area contributed by atoms with Crippen molar-refractivity contribution in [2.24, 2.45) is 0 Å². The van der Waals surface area contributed by atoms with Gasteiger partial charge in [-0.25, -0.2) is 23.7 Å². The molecule has 0 unspecified atom stereocenters. The lowest BCUT2D eigenvalue weighted by Crippen LogP contribution is -1.98. The predicted molar refractivity (Wildman–Crippen MR) is 77.7 cm³/mol. The Labute approximate surface area is 128 Å². The van der Waals surface area contributed by atoms with Crippen LogP contribution in [0.5, 0.6) is 0 Å². The molecule has 0 fully saturated rings. The second kappa shape index (κ2) is 5.69. The lowest BCUT2D eigenvalue weighted by Gasteiger charge is -2.06. The van der Waals surface area contributed by atoms with Gasteiger partial charge in [-0.05, 0) is 18.4 Å². The Kier molecular flexibility index (Phi) is 3.73. The van der Waals surface area contributed by atoms with Gasteiger partial charge in [0.2, 0.25) is 0 Å². The van der Waals surface area contributed by atoms with Crippen LogP contribution < -0.4 is 0 Å². The Balaban J connectivity index is 2.28. The highest BCUT2D eigenvalue weighted by Gasteiger charge is 2.18. The zero-order valence-electron chi connectivity index (χ0n) is 11.4. The number of hydrogen-bond acceptors (Lipinski definition) is 5. The highest BCUT2D eigenvalue weighted by molar-refractivity contribution is 7.98. The summed E-state index contributed by atoms with van der Waals surface area (Å²) in [6.45, 7) is 0. The first kappa shape index (κ1) is 14.4. The normalized spacial score (nSPS) is 11.0. The number of alkyl halides is 2. The number of fused-ring (bicyclic) bond motifs is 1. The maximum Gasteiger partial charge on any atom is 0.267 e. The molecular weight excluding hydrogens is 308 g/mol. The highest BCUT2D eigenvalue weighted by atomic mass is 32.2. The van der Waals surface area contributed by atoms with Gasteiger partial charge in [0.25, 0.3) is 6.43 Å². The summed E-state index contributed by atoms with van der Waals surface area (Å²) < 4.78 is 27.6. The van der Waals surface area contributed by atoms with Crippen molar-refractivity contribution in [3.8, 4) is 17.5 Å². The summed E-state index contributed by atoms with van der Waals surface area (Å²) in [5, 5.41) is 9.70. The molecule has 0 aromatic carbocycles. The molecule has 3 aromatic rings. The largest absolute Gasteiger partial charge is 0.298 e. The average molecular weight is 317 g/mol. The van der Waals surface area contributed by atoms with E-state index in [1.807, 2.05) is 12.3 Å². The number of hydrogen-bond donors (Lipinski definition) is 0. The van der Waals surface area contributed by atoms with Crippen LogP contribution in [0.3, 0.4) is 0 Å². The molecule has 5 nitrogen and oxygen atoms in total. The van der Waals surface area contributed by atoms with E-state index in [4.69, 9.17) is 0 Å². The summed E-state index contributed by atoms with van der Waals surface area (Å²) in [6, 6.07) is 4.86. The van der Waals surface area contributed by atoms with Crippen LogP contribution in [0.15, 0.2) is 35.9 Å². The third-order valence-electron chi connectivity index (χ3n) is 3.11. The van der Waals surface area contributed by atoms with E-state index in [-0.39, 0.29) is 16.8 Å². The van der Waals surface area contributed by atoms with E-state index in [9.17, 15) is 14.0 Å². The molecule has 8 heteroatoms. The summed E-state index contributed by atoms with van der Waals surface area (Å²) in [4.78, 5) is 12.4. The molecule has 0 aliphatic carbocycles. The number of thioether (sulfide) groups is 1. The summed E-state index contributed by atoms with van der Waals surface area (Å²) in [5.74, 6) is 0. The molecule has 0 radical (unpaired) electrons. The molecule has 0 aliphatic heterocycles. The summed E-state index contributed by atoms with van der Waals surface area (Å²) in [7, 11) is 0. The molecule has 0 bridgehead atoms. The molecule has 3 aromatic heterocycles. The Morgan fingerprint density at radius 2 is 2.14 bits per heavy atom. The Morgan fingerprint density at radius 1 is 1.32 bits per heavy atom. The minimum absolute atomic E-state index is 0.153. The van der Waals surface area contributed by atoms with Crippen molar-refractivity contribution in [1.82, 2.24) is 19.4 Å². The number of imidazole rings is 1. The van der Waals surface area contributed by atoms with Crippen LogP contribution in [-0.2, 0) is 0 Å². The van der Waals surface area contributed by atoms with Crippen molar-refractivity contribution < 1.29 is 8.78 Å². The van der Waals surface area contributed by atoms with Crippen LogP contribution in [0, 0.1) is 11.3 Å². The Hall–Kier alpha value is -2.53. The van der Waals surface area contributed by atoms with Crippen molar-refractivity contribution >= 4 is 17.4 Å². The third kappa shape index (κ3) is 2.29. The molecule has 0 spiro atoms. The standard InChI is InChI=1S/C14H9F2N5S/c1-22-14-19-6-8(5-17)11(20-14)10-7-18-13-9(12(15)16)3-2-4-21(10)13/h2-4,6-7,12H,1H3. The van der Waals surface area contributed by atoms with Crippen LogP contribution in [0.2, 0.25) is 0 Å². The second-order valence-corrected chi connectivity index (χ2v) is 5.11. The van der Waals surface area contributed by atoms with Crippen LogP contribution in [0.4, 0.5) is 8.78 Å². The molecule has 3 heterocycles. The predicted octanol–water partition coefficient (Wildman–Crippen LogP) is 3.32. The topological polar surface area (TPSA) is 66.9 Å². The van der Waals surface area contributed by atoms with Crippen LogP contribution in [0.1, 0.15) is 17.6 Å². The van der Waals surface area contributed by atoms with Gasteiger partial charge in [-0.3, -0.25) is 4.40 Å². The van der Waals surface area contributed by atoms with Gasteiger partial charge in [0.1, 0.15) is 17.4 Å². The van der Waals surface area contributed by atoms with Gasteiger partial charge >= 0.3 is 0 Å². The van der Waals surface area contributed by atoms with Gasteiger partial charge < -0.3 is 0 Å². The molecule has 22 heavy (non-hydrogen) atoms. The van der Waals surface area contributed by atoms with E-state index < -0.39 is 6.43 Å². The monoisotopic (exact) mass is 317 g/mol. The lowest BCUT2D eigenvalue weighted by atomic mass is 10.2. The van der Waals surface area contributed by atoms with Crippen molar-refractivity contribution in [2.75, 3.05) is 6.26 Å². The maximum atomic E-state index is 13.0. The van der Waals surface area contributed by atoms with Crippen LogP contribution >= 0.6 is 11.8 Å². The van der Waals surface area contributed by atoms with E-state index in [0.717, 1.165) is 0 Å². The average Bonchev–Trinajstić information content (AvgIpc) is 2.97. The molecule has 0 aliphatic rings. The zero-order chi connectivity index (χ0) is 15.7. The van der Waals surface area contributed by atoms with Crippen molar-refractivity contribution in [1.29, 1.82) is 5.26 Å². The first-order valence-corrected chi connectivity index (χ1v) is 7.43. The van der Waals surface area contributed by atoms with E-state index in [1.54, 1.807) is 6.20 Å². The Morgan fingerprint density at radius 3 is 2.82 bits per heavy atom. The van der Waals surface area contributed by atoms with E-state index in [1.165, 1.54) is 40.7 Å². The number of rotatable bonds is 3. The van der Waals surface area contributed by atoms with Crippen molar-refractivity contribution in [2.45, 2.75) is 11.6 Å². The first-order chi connectivity index (χ1) is 10.7. The molecule has 3 rings (SSSR count). The maximum absolute atomic E-state index is 13.0. The summed E-state index contributed by atoms with van der Waals surface area (Å²) >= 11 is 1.33. The summed E-state index contributed by atoms with van der Waals surface area (Å²) in [5.41, 5.74) is 1.11. The Bertz CT molecular complexity index is 885. The number of aromatic nitrogens is 4. The molecule has 110 valence electrons. The molecule has 0 N–H and O–H groups in total. The fourth-order valence-electron chi connectivity index (χ4n) is 2.12. The van der Waals surface area contributed by atoms with Gasteiger partial charge in [-0.2, -0.15) is 5.26 Å². The van der Waals surface area contributed by atoms with Gasteiger partial charge in [-0.15, -0.1) is 0 Å². The number of pyridine rings is 1. The summed E-state index contributed by atoms with van der Waals surface area (Å²) in [6.07, 6.45) is 3.67. The number of nitrogens with zero attached hydrogens (tertiary/aromatic N) is 5. The van der Waals surface area contributed by atoms with Crippen molar-refractivity contribution in [3.63, 3.8) is 0 Å². The molecule has 0 atom stereocenters. The van der Waals surface area contributed by atoms with Crippen molar-refractivity contribution in [3.05, 3.63) is 41.9 Å². The fourth-order valence-corrected chi connectivity index (χ4v) is 2.46. The van der Waals surface area contributed by atoms with Gasteiger partial charge in [-0.1, -0.05) is 11.8 Å². The number of halogens is 2.